The summed E-state index contributed by atoms with van der Waals surface area (Å²) in [6.45, 7) is 1.94. The maximum absolute atomic E-state index is 12.7. The maximum atomic E-state index is 12.7. The van der Waals surface area contributed by atoms with Crippen LogP contribution in [0.4, 0.5) is 0 Å². The Labute approximate surface area is 175 Å². The molecule has 3 aliphatic heterocycles. The molecule has 2 aromatic rings. The number of hydrogen-bond acceptors (Lipinski definition) is 5. The first kappa shape index (κ1) is 19.2. The summed E-state index contributed by atoms with van der Waals surface area (Å²) < 4.78 is 6.31. The number of nitrogens with one attached hydrogen (secondary N) is 1. The zero-order chi connectivity index (χ0) is 20.6. The molecule has 0 unspecified atom stereocenters. The molecule has 0 aliphatic carbocycles. The fraction of sp³-hybridized carbons (Fsp3) is 0.478. The van der Waals surface area contributed by atoms with Crippen LogP contribution in [0, 0.1) is 0 Å². The summed E-state index contributed by atoms with van der Waals surface area (Å²) >= 11 is 0. The number of benzene rings is 1. The van der Waals surface area contributed by atoms with Gasteiger partial charge in [0.2, 0.25) is 11.8 Å². The van der Waals surface area contributed by atoms with Crippen LogP contribution in [-0.4, -0.2) is 52.4 Å². The average molecular weight is 406 g/mol. The second-order valence-corrected chi connectivity index (χ2v) is 8.41. The van der Waals surface area contributed by atoms with Crippen molar-refractivity contribution < 1.29 is 14.3 Å². The standard InChI is InChI=1S/C23H26N4O3/c28-19-7-6-18(25-19)14-20(29)27-11-9-23(10-12-27)21-17(8-13-30-23)15-24-22(26-21)16-4-2-1-3-5-16/h1-5,15,18H,6-14H2,(H,25,28)/t18-/m1/s1. The minimum atomic E-state index is -0.446. The Morgan fingerprint density at radius 1 is 1.20 bits per heavy atom. The summed E-state index contributed by atoms with van der Waals surface area (Å²) in [6.07, 6.45) is 5.87. The van der Waals surface area contributed by atoms with Gasteiger partial charge in [-0.25, -0.2) is 9.97 Å². The number of piperidine rings is 1. The second kappa shape index (κ2) is 7.80. The summed E-state index contributed by atoms with van der Waals surface area (Å²) in [7, 11) is 0. The van der Waals surface area contributed by atoms with Gasteiger partial charge in [0.1, 0.15) is 5.60 Å². The van der Waals surface area contributed by atoms with Crippen LogP contribution in [0.15, 0.2) is 36.5 Å². The summed E-state index contributed by atoms with van der Waals surface area (Å²) in [4.78, 5) is 35.5. The molecule has 4 heterocycles. The molecular formula is C23H26N4O3. The van der Waals surface area contributed by atoms with Crippen LogP contribution < -0.4 is 5.32 Å². The summed E-state index contributed by atoms with van der Waals surface area (Å²) in [5.41, 5.74) is 2.68. The first-order valence-corrected chi connectivity index (χ1v) is 10.8. The van der Waals surface area contributed by atoms with Crippen LogP contribution in [0.5, 0.6) is 0 Å². The van der Waals surface area contributed by atoms with Gasteiger partial charge in [-0.2, -0.15) is 0 Å². The Morgan fingerprint density at radius 2 is 2.00 bits per heavy atom. The van der Waals surface area contributed by atoms with Crippen molar-refractivity contribution in [2.75, 3.05) is 19.7 Å². The number of aromatic nitrogens is 2. The molecule has 156 valence electrons. The van der Waals surface area contributed by atoms with Crippen molar-refractivity contribution >= 4 is 11.8 Å². The van der Waals surface area contributed by atoms with Gasteiger partial charge in [0.05, 0.1) is 12.3 Å². The maximum Gasteiger partial charge on any atom is 0.224 e. The first-order valence-electron chi connectivity index (χ1n) is 10.8. The molecule has 0 bridgehead atoms. The topological polar surface area (TPSA) is 84.4 Å². The minimum absolute atomic E-state index is 0.0197. The fourth-order valence-corrected chi connectivity index (χ4v) is 4.80. The highest BCUT2D eigenvalue weighted by Crippen LogP contribution is 2.41. The SMILES string of the molecule is O=C1CC[C@H](CC(=O)N2CCC3(CC2)OCCc2cnc(-c4ccccc4)nc23)N1. The molecule has 2 saturated heterocycles. The number of carbonyl (C=O) groups is 2. The molecule has 1 spiro atoms. The van der Waals surface area contributed by atoms with Gasteiger partial charge in [-0.05, 0) is 31.2 Å². The highest BCUT2D eigenvalue weighted by Gasteiger charge is 2.43. The molecule has 0 saturated carbocycles. The van der Waals surface area contributed by atoms with Gasteiger partial charge in [-0.1, -0.05) is 30.3 Å². The monoisotopic (exact) mass is 406 g/mol. The Bertz CT molecular complexity index is 954. The largest absolute Gasteiger partial charge is 0.368 e. The lowest BCUT2D eigenvalue weighted by Gasteiger charge is -2.44. The second-order valence-electron chi connectivity index (χ2n) is 8.41. The Hall–Kier alpha value is -2.80. The quantitative estimate of drug-likeness (QED) is 0.845. The van der Waals surface area contributed by atoms with Crippen LogP contribution in [0.2, 0.25) is 0 Å². The summed E-state index contributed by atoms with van der Waals surface area (Å²) in [5.74, 6) is 0.877. The molecule has 1 aromatic carbocycles. The van der Waals surface area contributed by atoms with Crippen molar-refractivity contribution in [1.82, 2.24) is 20.2 Å². The molecule has 2 fully saturated rings. The van der Waals surface area contributed by atoms with E-state index in [9.17, 15) is 9.59 Å². The van der Waals surface area contributed by atoms with Crippen molar-refractivity contribution in [3.8, 4) is 11.4 Å². The van der Waals surface area contributed by atoms with Gasteiger partial charge < -0.3 is 15.0 Å². The normalized spacial score (nSPS) is 22.6. The first-order chi connectivity index (χ1) is 14.6. The van der Waals surface area contributed by atoms with E-state index in [0.717, 1.165) is 48.3 Å². The number of likely N-dealkylation sites (tertiary alicyclic amines) is 1. The van der Waals surface area contributed by atoms with Gasteiger partial charge in [-0.3, -0.25) is 9.59 Å². The van der Waals surface area contributed by atoms with Crippen LogP contribution in [0.1, 0.15) is 43.4 Å². The van der Waals surface area contributed by atoms with Crippen molar-refractivity contribution in [2.45, 2.75) is 50.2 Å². The average Bonchev–Trinajstić information content (AvgIpc) is 3.19. The number of rotatable bonds is 3. The van der Waals surface area contributed by atoms with Crippen molar-refractivity contribution in [2.24, 2.45) is 0 Å². The zero-order valence-electron chi connectivity index (χ0n) is 17.0. The number of hydrogen-bond donors (Lipinski definition) is 1. The number of amides is 2. The molecule has 3 aliphatic rings. The molecule has 0 radical (unpaired) electrons. The van der Waals surface area contributed by atoms with E-state index in [-0.39, 0.29) is 17.9 Å². The van der Waals surface area contributed by atoms with Gasteiger partial charge >= 0.3 is 0 Å². The Morgan fingerprint density at radius 3 is 2.73 bits per heavy atom. The predicted molar refractivity (Wildman–Crippen MR) is 110 cm³/mol. The molecule has 5 rings (SSSR count). The van der Waals surface area contributed by atoms with Crippen LogP contribution in [0.25, 0.3) is 11.4 Å². The van der Waals surface area contributed by atoms with Crippen molar-refractivity contribution in [3.05, 3.63) is 47.8 Å². The number of fused-ring (bicyclic) bond motifs is 2. The lowest BCUT2D eigenvalue weighted by Crippen LogP contribution is -2.49. The molecule has 1 atom stereocenters. The van der Waals surface area contributed by atoms with E-state index in [2.05, 4.69) is 10.3 Å². The molecule has 1 N–H and O–H groups in total. The fourth-order valence-electron chi connectivity index (χ4n) is 4.80. The Balaban J connectivity index is 1.32. The highest BCUT2D eigenvalue weighted by atomic mass is 16.5. The van der Waals surface area contributed by atoms with E-state index in [1.54, 1.807) is 0 Å². The van der Waals surface area contributed by atoms with Crippen molar-refractivity contribution in [1.29, 1.82) is 0 Å². The van der Waals surface area contributed by atoms with Crippen molar-refractivity contribution in [3.63, 3.8) is 0 Å². The highest BCUT2D eigenvalue weighted by molar-refractivity contribution is 5.82. The van der Waals surface area contributed by atoms with Crippen LogP contribution in [-0.2, 0) is 26.3 Å². The molecule has 2 amide bonds. The van der Waals surface area contributed by atoms with Crippen LogP contribution in [0.3, 0.4) is 0 Å². The summed E-state index contributed by atoms with van der Waals surface area (Å²) in [5, 5.41) is 2.89. The van der Waals surface area contributed by atoms with Gasteiger partial charge in [0.15, 0.2) is 5.82 Å². The van der Waals surface area contributed by atoms with E-state index in [1.807, 2.05) is 41.4 Å². The third kappa shape index (κ3) is 3.58. The predicted octanol–water partition coefficient (Wildman–Crippen LogP) is 2.20. The van der Waals surface area contributed by atoms with Crippen LogP contribution >= 0.6 is 0 Å². The van der Waals surface area contributed by atoms with E-state index in [4.69, 9.17) is 9.72 Å². The molecule has 7 nitrogen and oxygen atoms in total. The zero-order valence-corrected chi connectivity index (χ0v) is 17.0. The van der Waals surface area contributed by atoms with Gasteiger partial charge in [0.25, 0.3) is 0 Å². The lowest BCUT2D eigenvalue weighted by molar-refractivity contribution is -0.141. The van der Waals surface area contributed by atoms with Gasteiger partial charge in [-0.15, -0.1) is 0 Å². The third-order valence-electron chi connectivity index (χ3n) is 6.51. The minimum Gasteiger partial charge on any atom is -0.368 e. The third-order valence-corrected chi connectivity index (χ3v) is 6.51. The summed E-state index contributed by atoms with van der Waals surface area (Å²) in [6, 6.07) is 9.97. The molecule has 7 heteroatoms. The smallest absolute Gasteiger partial charge is 0.224 e. The van der Waals surface area contributed by atoms with E-state index in [0.29, 0.717) is 32.5 Å². The van der Waals surface area contributed by atoms with E-state index < -0.39 is 5.60 Å². The number of carbonyl (C=O) groups excluding carboxylic acids is 2. The number of nitrogens with zero attached hydrogens (tertiary/aromatic N) is 3. The number of ether oxygens (including phenoxy) is 1. The van der Waals surface area contributed by atoms with Gasteiger partial charge in [0, 0.05) is 43.7 Å². The Kier molecular flexibility index (Phi) is 4.98. The van der Waals surface area contributed by atoms with E-state index >= 15 is 0 Å². The molecule has 1 aromatic heterocycles. The molecular weight excluding hydrogens is 380 g/mol. The lowest BCUT2D eigenvalue weighted by atomic mass is 9.83. The molecule has 30 heavy (non-hydrogen) atoms. The van der Waals surface area contributed by atoms with E-state index in [1.165, 1.54) is 0 Å².